The zero-order valence-electron chi connectivity index (χ0n) is 22.3. The first-order valence-corrected chi connectivity index (χ1v) is 13.4. The molecule has 37 heavy (non-hydrogen) atoms. The Morgan fingerprint density at radius 3 is 2.43 bits per heavy atom. The molecule has 7 heteroatoms. The monoisotopic (exact) mass is 507 g/mol. The smallest absolute Gasteiger partial charge is 0.244 e. The number of hydrogen-bond acceptors (Lipinski definition) is 4. The van der Waals surface area contributed by atoms with Crippen molar-refractivity contribution in [3.63, 3.8) is 0 Å². The van der Waals surface area contributed by atoms with E-state index in [4.69, 9.17) is 4.84 Å². The molecule has 3 rings (SSSR count). The Morgan fingerprint density at radius 1 is 0.946 bits per heavy atom. The van der Waals surface area contributed by atoms with Gasteiger partial charge < -0.3 is 10.6 Å². The maximum absolute atomic E-state index is 13.3. The highest BCUT2D eigenvalue weighted by Gasteiger charge is 2.28. The summed E-state index contributed by atoms with van der Waals surface area (Å²) in [5.41, 5.74) is 7.46. The first-order chi connectivity index (χ1) is 17.9. The lowest BCUT2D eigenvalue weighted by Crippen LogP contribution is -2.48. The van der Waals surface area contributed by atoms with Crippen molar-refractivity contribution in [3.05, 3.63) is 70.8 Å². The number of benzene rings is 2. The van der Waals surface area contributed by atoms with Crippen molar-refractivity contribution >= 4 is 17.7 Å². The van der Waals surface area contributed by atoms with Gasteiger partial charge in [-0.25, -0.2) is 5.48 Å². The number of aryl methyl sites for hydroxylation is 2. The van der Waals surface area contributed by atoms with Gasteiger partial charge in [0.2, 0.25) is 17.7 Å². The molecule has 0 unspecified atom stereocenters. The van der Waals surface area contributed by atoms with Gasteiger partial charge in [0.15, 0.2) is 0 Å². The molecule has 0 aromatic heterocycles. The number of likely N-dealkylation sites (N-methyl/N-ethyl adjacent to an activating group) is 1. The largest absolute Gasteiger partial charge is 0.357 e. The fraction of sp³-hybridized carbons (Fsp3) is 0.500. The predicted molar refractivity (Wildman–Crippen MR) is 144 cm³/mol. The van der Waals surface area contributed by atoms with Gasteiger partial charge in [-0.15, -0.1) is 0 Å². The summed E-state index contributed by atoms with van der Waals surface area (Å²) < 4.78 is 0. The van der Waals surface area contributed by atoms with Crippen LogP contribution >= 0.6 is 0 Å². The average Bonchev–Trinajstić information content (AvgIpc) is 2.90. The van der Waals surface area contributed by atoms with Gasteiger partial charge in [0.25, 0.3) is 0 Å². The van der Waals surface area contributed by atoms with Gasteiger partial charge in [0, 0.05) is 19.4 Å². The summed E-state index contributed by atoms with van der Waals surface area (Å²) in [6, 6.07) is 15.3. The quantitative estimate of drug-likeness (QED) is 0.357. The molecule has 0 radical (unpaired) electrons. The normalized spacial score (nSPS) is 14.4. The summed E-state index contributed by atoms with van der Waals surface area (Å²) in [7, 11) is 1.58. The minimum Gasteiger partial charge on any atom is -0.357 e. The van der Waals surface area contributed by atoms with Gasteiger partial charge in [0.05, 0.1) is 6.61 Å². The molecule has 200 valence electrons. The number of nitrogens with one attached hydrogen (secondary N) is 3. The van der Waals surface area contributed by atoms with Gasteiger partial charge in [-0.05, 0) is 73.1 Å². The Hall–Kier alpha value is -3.19. The van der Waals surface area contributed by atoms with Gasteiger partial charge in [-0.2, -0.15) is 0 Å². The molecule has 2 atom stereocenters. The number of carbonyl (C=O) groups is 3. The van der Waals surface area contributed by atoms with Crippen molar-refractivity contribution in [2.75, 3.05) is 7.05 Å². The number of hydrogen-bond donors (Lipinski definition) is 3. The Kier molecular flexibility index (Phi) is 11.1. The summed E-state index contributed by atoms with van der Waals surface area (Å²) in [5.74, 6) is -1.21. The number of rotatable bonds is 13. The number of amides is 3. The molecule has 0 spiro atoms. The lowest BCUT2D eigenvalue weighted by Gasteiger charge is -2.24. The van der Waals surface area contributed by atoms with Gasteiger partial charge in [-0.3, -0.25) is 19.2 Å². The first-order valence-electron chi connectivity index (χ1n) is 13.4. The summed E-state index contributed by atoms with van der Waals surface area (Å²) >= 11 is 0. The highest BCUT2D eigenvalue weighted by molar-refractivity contribution is 5.90. The van der Waals surface area contributed by atoms with Crippen LogP contribution in [-0.4, -0.2) is 30.8 Å². The fourth-order valence-electron chi connectivity index (χ4n) is 5.02. The molecule has 0 heterocycles. The third kappa shape index (κ3) is 9.01. The van der Waals surface area contributed by atoms with Crippen LogP contribution in [0.2, 0.25) is 0 Å². The van der Waals surface area contributed by atoms with Crippen LogP contribution in [0.15, 0.2) is 48.5 Å². The maximum atomic E-state index is 13.3. The second kappa shape index (κ2) is 14.5. The highest BCUT2D eigenvalue weighted by Crippen LogP contribution is 2.25. The van der Waals surface area contributed by atoms with E-state index < -0.39 is 12.0 Å². The van der Waals surface area contributed by atoms with E-state index >= 15 is 0 Å². The molecule has 1 aliphatic rings. The van der Waals surface area contributed by atoms with Crippen LogP contribution in [-0.2, 0) is 45.1 Å². The number of carbonyl (C=O) groups excluding carboxylic acids is 3. The van der Waals surface area contributed by atoms with Gasteiger partial charge in [-0.1, -0.05) is 62.4 Å². The van der Waals surface area contributed by atoms with E-state index in [0.717, 1.165) is 18.4 Å². The zero-order chi connectivity index (χ0) is 26.6. The van der Waals surface area contributed by atoms with Crippen LogP contribution in [0.1, 0.15) is 68.2 Å². The van der Waals surface area contributed by atoms with Gasteiger partial charge >= 0.3 is 0 Å². The Bertz CT molecular complexity index is 1040. The fourth-order valence-corrected chi connectivity index (χ4v) is 5.02. The van der Waals surface area contributed by atoms with Crippen LogP contribution in [0.25, 0.3) is 0 Å². The SMILES string of the molecule is CNC(=O)[C@H](CCc1cccc2c1CCCC2)NC(=O)[C@@H](CC(=O)NOCc1ccccc1)CC(C)C. The third-order valence-electron chi connectivity index (χ3n) is 6.90. The van der Waals surface area contributed by atoms with Crippen molar-refractivity contribution in [1.82, 2.24) is 16.1 Å². The summed E-state index contributed by atoms with van der Waals surface area (Å²) in [5, 5.41) is 5.62. The second-order valence-corrected chi connectivity index (χ2v) is 10.3. The standard InChI is InChI=1S/C30H41N3O4/c1-21(2)18-25(19-28(34)33-37-20-22-10-5-4-6-11-22)29(35)32-27(30(36)31-3)17-16-24-14-9-13-23-12-7-8-15-26(23)24/h4-6,9-11,13-14,21,25,27H,7-8,12,15-20H2,1-3H3,(H,31,36)(H,32,35)(H,33,34)/t25-,27+/m1/s1. The van der Waals surface area contributed by atoms with Crippen molar-refractivity contribution in [2.45, 2.75) is 77.9 Å². The molecular formula is C30H41N3O4. The van der Waals surface area contributed by atoms with Gasteiger partial charge in [0.1, 0.15) is 6.04 Å². The van der Waals surface area contributed by atoms with Crippen LogP contribution < -0.4 is 16.1 Å². The van der Waals surface area contributed by atoms with Crippen LogP contribution in [0.3, 0.4) is 0 Å². The van der Waals surface area contributed by atoms with Crippen LogP contribution in [0.4, 0.5) is 0 Å². The van der Waals surface area contributed by atoms with E-state index in [9.17, 15) is 14.4 Å². The van der Waals surface area contributed by atoms with Crippen LogP contribution in [0, 0.1) is 11.8 Å². The first kappa shape index (κ1) is 28.4. The van der Waals surface area contributed by atoms with E-state index in [2.05, 4.69) is 34.3 Å². The molecule has 0 fully saturated rings. The van der Waals surface area contributed by atoms with Crippen molar-refractivity contribution in [2.24, 2.45) is 11.8 Å². The van der Waals surface area contributed by atoms with Crippen molar-refractivity contribution < 1.29 is 19.2 Å². The van der Waals surface area contributed by atoms with E-state index in [1.165, 1.54) is 29.5 Å². The molecular weight excluding hydrogens is 466 g/mol. The average molecular weight is 508 g/mol. The topological polar surface area (TPSA) is 96.5 Å². The van der Waals surface area contributed by atoms with E-state index in [-0.39, 0.29) is 36.7 Å². The Morgan fingerprint density at radius 2 is 1.70 bits per heavy atom. The molecule has 0 bridgehead atoms. The molecule has 1 aliphatic carbocycles. The third-order valence-corrected chi connectivity index (χ3v) is 6.90. The summed E-state index contributed by atoms with van der Waals surface area (Å²) in [6.07, 6.45) is 6.32. The molecule has 3 amide bonds. The lowest BCUT2D eigenvalue weighted by atomic mass is 9.86. The molecule has 2 aromatic rings. The minimum absolute atomic E-state index is 0.00847. The molecule has 0 saturated carbocycles. The molecule has 0 saturated heterocycles. The number of hydroxylamine groups is 1. The highest BCUT2D eigenvalue weighted by atomic mass is 16.6. The van der Waals surface area contributed by atoms with E-state index in [1.54, 1.807) is 7.05 Å². The number of fused-ring (bicyclic) bond motifs is 1. The van der Waals surface area contributed by atoms with Crippen LogP contribution in [0.5, 0.6) is 0 Å². The van der Waals surface area contributed by atoms with Crippen molar-refractivity contribution in [3.8, 4) is 0 Å². The lowest BCUT2D eigenvalue weighted by molar-refractivity contribution is -0.139. The summed E-state index contributed by atoms with van der Waals surface area (Å²) in [6.45, 7) is 4.27. The predicted octanol–water partition coefficient (Wildman–Crippen LogP) is 4.03. The summed E-state index contributed by atoms with van der Waals surface area (Å²) in [4.78, 5) is 43.8. The zero-order valence-corrected chi connectivity index (χ0v) is 22.3. The van der Waals surface area contributed by atoms with E-state index in [1.807, 2.05) is 44.2 Å². The minimum atomic E-state index is -0.663. The molecule has 0 aliphatic heterocycles. The van der Waals surface area contributed by atoms with Crippen molar-refractivity contribution in [1.29, 1.82) is 0 Å². The maximum Gasteiger partial charge on any atom is 0.244 e. The second-order valence-electron chi connectivity index (χ2n) is 10.3. The molecule has 7 nitrogen and oxygen atoms in total. The molecule has 2 aromatic carbocycles. The Labute approximate surface area is 220 Å². The Balaban J connectivity index is 1.59. The molecule has 3 N–H and O–H groups in total. The van der Waals surface area contributed by atoms with E-state index in [0.29, 0.717) is 19.3 Å².